The molecule has 1 aromatic heterocycles. The molecule has 2 rings (SSSR count). The van der Waals surface area contributed by atoms with E-state index in [9.17, 15) is 0 Å². The normalized spacial score (nSPS) is 12.2. The zero-order valence-electron chi connectivity index (χ0n) is 10.0. The number of halogens is 2. The van der Waals surface area contributed by atoms with E-state index in [0.717, 1.165) is 21.4 Å². The van der Waals surface area contributed by atoms with Crippen molar-refractivity contribution in [3.8, 4) is 0 Å². The van der Waals surface area contributed by atoms with E-state index in [2.05, 4.69) is 38.4 Å². The quantitative estimate of drug-likeness (QED) is 0.835. The maximum atomic E-state index is 6.04. The van der Waals surface area contributed by atoms with Gasteiger partial charge >= 0.3 is 0 Å². The zero-order chi connectivity index (χ0) is 13.0. The topological polar surface area (TPSA) is 24.9 Å². The zero-order valence-corrected chi connectivity index (χ0v) is 12.4. The van der Waals surface area contributed by atoms with Crippen molar-refractivity contribution < 1.29 is 0 Å². The first-order valence-corrected chi connectivity index (χ1v) is 7.03. The van der Waals surface area contributed by atoms with Crippen LogP contribution >= 0.6 is 27.5 Å². The Morgan fingerprint density at radius 3 is 2.67 bits per heavy atom. The summed E-state index contributed by atoms with van der Waals surface area (Å²) >= 11 is 9.44. The van der Waals surface area contributed by atoms with Gasteiger partial charge in [-0.1, -0.05) is 30.3 Å². The van der Waals surface area contributed by atoms with E-state index in [-0.39, 0.29) is 6.04 Å². The fourth-order valence-corrected chi connectivity index (χ4v) is 2.45. The van der Waals surface area contributed by atoms with Gasteiger partial charge in [-0.25, -0.2) is 4.98 Å². The number of alkyl halides is 1. The molecule has 1 N–H and O–H groups in total. The summed E-state index contributed by atoms with van der Waals surface area (Å²) in [5, 5.41) is 3.38. The minimum Gasteiger partial charge on any atom is -0.362 e. The Hall–Kier alpha value is -1.06. The fourth-order valence-electron chi connectivity index (χ4n) is 1.75. The van der Waals surface area contributed by atoms with Gasteiger partial charge in [-0.15, -0.1) is 11.6 Å². The van der Waals surface area contributed by atoms with E-state index < -0.39 is 0 Å². The van der Waals surface area contributed by atoms with E-state index in [1.807, 2.05) is 31.2 Å². The van der Waals surface area contributed by atoms with Gasteiger partial charge in [0.25, 0.3) is 0 Å². The second-order valence-electron chi connectivity index (χ2n) is 4.08. The van der Waals surface area contributed by atoms with Crippen LogP contribution in [-0.2, 0) is 0 Å². The molecule has 0 saturated heterocycles. The van der Waals surface area contributed by atoms with E-state index in [1.165, 1.54) is 0 Å². The number of pyridine rings is 1. The number of nitrogens with zero attached hydrogens (tertiary/aromatic N) is 1. The molecule has 0 aliphatic heterocycles. The summed E-state index contributed by atoms with van der Waals surface area (Å²) in [5.41, 5.74) is 2.26. The van der Waals surface area contributed by atoms with Crippen molar-refractivity contribution in [3.05, 3.63) is 58.2 Å². The molecule has 2 aromatic rings. The molecule has 0 amide bonds. The standard InChI is InChI=1S/C14H14BrClN2/c1-10-7-12(15)9-17-14(10)18-13(8-16)11-5-3-2-4-6-11/h2-7,9,13H,8H2,1H3,(H,17,18). The highest BCUT2D eigenvalue weighted by Crippen LogP contribution is 2.23. The lowest BCUT2D eigenvalue weighted by molar-refractivity contribution is 0.879. The first kappa shape index (κ1) is 13.4. The number of nitrogens with one attached hydrogen (secondary N) is 1. The molecule has 0 spiro atoms. The van der Waals surface area contributed by atoms with Crippen LogP contribution in [0.3, 0.4) is 0 Å². The maximum Gasteiger partial charge on any atom is 0.129 e. The van der Waals surface area contributed by atoms with Gasteiger partial charge in [0.2, 0.25) is 0 Å². The van der Waals surface area contributed by atoms with Gasteiger partial charge in [0, 0.05) is 16.5 Å². The van der Waals surface area contributed by atoms with Crippen LogP contribution in [0.25, 0.3) is 0 Å². The average Bonchev–Trinajstić information content (AvgIpc) is 2.39. The summed E-state index contributed by atoms with van der Waals surface area (Å²) in [6.45, 7) is 2.02. The number of aryl methyl sites for hydroxylation is 1. The number of benzene rings is 1. The third-order valence-electron chi connectivity index (χ3n) is 2.71. The van der Waals surface area contributed by atoms with Crippen LogP contribution in [0, 0.1) is 6.92 Å². The molecular formula is C14H14BrClN2. The Morgan fingerprint density at radius 2 is 2.06 bits per heavy atom. The Morgan fingerprint density at radius 1 is 1.33 bits per heavy atom. The van der Waals surface area contributed by atoms with Crippen molar-refractivity contribution in [1.82, 2.24) is 4.98 Å². The molecule has 1 aromatic carbocycles. The first-order chi connectivity index (χ1) is 8.70. The highest BCUT2D eigenvalue weighted by atomic mass is 79.9. The molecular weight excluding hydrogens is 312 g/mol. The Balaban J connectivity index is 2.21. The Bertz CT molecular complexity index is 516. The van der Waals surface area contributed by atoms with E-state index >= 15 is 0 Å². The van der Waals surface area contributed by atoms with Gasteiger partial charge in [0.15, 0.2) is 0 Å². The number of anilines is 1. The number of hydrogen-bond donors (Lipinski definition) is 1. The van der Waals surface area contributed by atoms with E-state index in [4.69, 9.17) is 11.6 Å². The highest BCUT2D eigenvalue weighted by molar-refractivity contribution is 9.10. The number of hydrogen-bond acceptors (Lipinski definition) is 2. The summed E-state index contributed by atoms with van der Waals surface area (Å²) < 4.78 is 0.979. The lowest BCUT2D eigenvalue weighted by atomic mass is 10.1. The van der Waals surface area contributed by atoms with Crippen LogP contribution in [0.5, 0.6) is 0 Å². The lowest BCUT2D eigenvalue weighted by Gasteiger charge is -2.18. The predicted molar refractivity (Wildman–Crippen MR) is 80.2 cm³/mol. The Kier molecular flexibility index (Phi) is 4.61. The third kappa shape index (κ3) is 3.24. The van der Waals surface area contributed by atoms with Crippen LogP contribution < -0.4 is 5.32 Å². The van der Waals surface area contributed by atoms with Crippen molar-refractivity contribution in [1.29, 1.82) is 0 Å². The van der Waals surface area contributed by atoms with Gasteiger partial charge in [-0.3, -0.25) is 0 Å². The fraction of sp³-hybridized carbons (Fsp3) is 0.214. The molecule has 0 bridgehead atoms. The second kappa shape index (κ2) is 6.21. The van der Waals surface area contributed by atoms with E-state index in [0.29, 0.717) is 5.88 Å². The van der Waals surface area contributed by atoms with Crippen molar-refractivity contribution in [3.63, 3.8) is 0 Å². The molecule has 0 saturated carbocycles. The van der Waals surface area contributed by atoms with Crippen LogP contribution in [-0.4, -0.2) is 10.9 Å². The predicted octanol–water partition coefficient (Wildman–Crippen LogP) is 4.54. The van der Waals surface area contributed by atoms with Crippen molar-refractivity contribution >= 4 is 33.3 Å². The van der Waals surface area contributed by atoms with Gasteiger partial charge in [-0.2, -0.15) is 0 Å². The summed E-state index contributed by atoms with van der Waals surface area (Å²) in [5.74, 6) is 1.37. The smallest absolute Gasteiger partial charge is 0.129 e. The molecule has 2 nitrogen and oxygen atoms in total. The van der Waals surface area contributed by atoms with Crippen molar-refractivity contribution in [2.24, 2.45) is 0 Å². The first-order valence-electron chi connectivity index (χ1n) is 5.70. The lowest BCUT2D eigenvalue weighted by Crippen LogP contribution is -2.14. The molecule has 0 aliphatic rings. The molecule has 0 fully saturated rings. The maximum absolute atomic E-state index is 6.04. The summed E-state index contributed by atoms with van der Waals surface area (Å²) in [6.07, 6.45) is 1.78. The third-order valence-corrected chi connectivity index (χ3v) is 3.45. The Labute approximate surface area is 121 Å². The van der Waals surface area contributed by atoms with Crippen LogP contribution in [0.15, 0.2) is 47.1 Å². The highest BCUT2D eigenvalue weighted by Gasteiger charge is 2.11. The molecule has 0 radical (unpaired) electrons. The van der Waals surface area contributed by atoms with Crippen molar-refractivity contribution in [2.75, 3.05) is 11.2 Å². The van der Waals surface area contributed by atoms with Gasteiger partial charge in [-0.05, 0) is 40.0 Å². The number of aromatic nitrogens is 1. The van der Waals surface area contributed by atoms with Crippen LogP contribution in [0.4, 0.5) is 5.82 Å². The second-order valence-corrected chi connectivity index (χ2v) is 5.31. The monoisotopic (exact) mass is 324 g/mol. The largest absolute Gasteiger partial charge is 0.362 e. The molecule has 1 heterocycles. The van der Waals surface area contributed by atoms with Crippen molar-refractivity contribution in [2.45, 2.75) is 13.0 Å². The summed E-state index contributed by atoms with van der Waals surface area (Å²) in [7, 11) is 0. The minimum absolute atomic E-state index is 0.0697. The summed E-state index contributed by atoms with van der Waals surface area (Å²) in [4.78, 5) is 4.37. The molecule has 1 atom stereocenters. The molecule has 4 heteroatoms. The molecule has 0 aliphatic carbocycles. The average molecular weight is 326 g/mol. The van der Waals surface area contributed by atoms with Gasteiger partial charge in [0.1, 0.15) is 5.82 Å². The summed E-state index contributed by atoms with van der Waals surface area (Å²) in [6, 6.07) is 12.3. The van der Waals surface area contributed by atoms with Gasteiger partial charge < -0.3 is 5.32 Å². The van der Waals surface area contributed by atoms with E-state index in [1.54, 1.807) is 6.20 Å². The molecule has 1 unspecified atom stereocenters. The molecule has 18 heavy (non-hydrogen) atoms. The van der Waals surface area contributed by atoms with Crippen LogP contribution in [0.1, 0.15) is 17.2 Å². The molecule has 94 valence electrons. The number of rotatable bonds is 4. The van der Waals surface area contributed by atoms with Gasteiger partial charge in [0.05, 0.1) is 6.04 Å². The van der Waals surface area contributed by atoms with Crippen LogP contribution in [0.2, 0.25) is 0 Å². The SMILES string of the molecule is Cc1cc(Br)cnc1NC(CCl)c1ccccc1. The minimum atomic E-state index is 0.0697.